The van der Waals surface area contributed by atoms with E-state index in [1.807, 2.05) is 24.3 Å². The molecule has 0 amide bonds. The van der Waals surface area contributed by atoms with Crippen LogP contribution in [0.15, 0.2) is 24.3 Å². The second kappa shape index (κ2) is 4.49. The Kier molecular flexibility index (Phi) is 3.20. The van der Waals surface area contributed by atoms with Crippen molar-refractivity contribution in [1.82, 2.24) is 0 Å². The van der Waals surface area contributed by atoms with Crippen molar-refractivity contribution in [3.05, 3.63) is 29.8 Å². The zero-order valence-electron chi connectivity index (χ0n) is 10.7. The van der Waals surface area contributed by atoms with Crippen LogP contribution in [0.1, 0.15) is 31.1 Å². The van der Waals surface area contributed by atoms with E-state index in [1.54, 1.807) is 6.92 Å². The van der Waals surface area contributed by atoms with Gasteiger partial charge in [-0.15, -0.1) is 0 Å². The van der Waals surface area contributed by atoms with E-state index >= 15 is 0 Å². The van der Waals surface area contributed by atoms with Crippen LogP contribution in [0, 0.1) is 0 Å². The lowest BCUT2D eigenvalue weighted by Gasteiger charge is -2.43. The number of ketones is 1. The number of hydrogen-bond acceptors (Lipinski definition) is 3. The van der Waals surface area contributed by atoms with Crippen LogP contribution in [-0.2, 0) is 4.74 Å². The molecular weight excluding hydrogens is 214 g/mol. The Hall–Kier alpha value is -1.35. The number of Topliss-reactive ketones (excluding diaryl/α,β-unsaturated/α-hetero) is 1. The molecule has 0 aliphatic carbocycles. The van der Waals surface area contributed by atoms with Crippen molar-refractivity contribution >= 4 is 11.5 Å². The number of nitrogens with zero attached hydrogens (tertiary/aromatic N) is 1. The van der Waals surface area contributed by atoms with E-state index in [9.17, 15) is 4.79 Å². The first-order valence-electron chi connectivity index (χ1n) is 5.97. The minimum Gasteiger partial charge on any atom is -0.377 e. The van der Waals surface area contributed by atoms with Gasteiger partial charge in [0.25, 0.3) is 0 Å². The first kappa shape index (κ1) is 12.1. The van der Waals surface area contributed by atoms with Crippen molar-refractivity contribution in [2.24, 2.45) is 0 Å². The molecule has 1 saturated heterocycles. The lowest BCUT2D eigenvalue weighted by molar-refractivity contribution is 0.0644. The monoisotopic (exact) mass is 233 g/mol. The molecule has 1 heterocycles. The van der Waals surface area contributed by atoms with Crippen molar-refractivity contribution in [1.29, 1.82) is 0 Å². The van der Waals surface area contributed by atoms with Gasteiger partial charge in [-0.2, -0.15) is 0 Å². The smallest absolute Gasteiger partial charge is 0.159 e. The number of rotatable bonds is 2. The lowest BCUT2D eigenvalue weighted by atomic mass is 10.0. The molecule has 0 radical (unpaired) electrons. The molecule has 1 fully saturated rings. The molecule has 0 unspecified atom stereocenters. The molecule has 0 aromatic heterocycles. The Morgan fingerprint density at radius 2 is 1.94 bits per heavy atom. The van der Waals surface area contributed by atoms with Crippen LogP contribution >= 0.6 is 0 Å². The summed E-state index contributed by atoms with van der Waals surface area (Å²) in [4.78, 5) is 13.6. The van der Waals surface area contributed by atoms with Crippen LogP contribution in [0.3, 0.4) is 0 Å². The van der Waals surface area contributed by atoms with E-state index < -0.39 is 0 Å². The van der Waals surface area contributed by atoms with Gasteiger partial charge in [0.15, 0.2) is 5.78 Å². The molecule has 1 aromatic carbocycles. The van der Waals surface area contributed by atoms with Gasteiger partial charge < -0.3 is 9.64 Å². The molecule has 1 aliphatic rings. The molecule has 3 nitrogen and oxygen atoms in total. The molecule has 1 aliphatic heterocycles. The molecule has 0 saturated carbocycles. The first-order valence-corrected chi connectivity index (χ1v) is 5.97. The van der Waals surface area contributed by atoms with Crippen molar-refractivity contribution in [2.45, 2.75) is 26.3 Å². The standard InChI is InChI=1S/C14H19NO2/c1-11(16)12-4-6-13(7-5-12)15-8-9-17-10-14(15,2)3/h4-7H,8-10H2,1-3H3. The predicted molar refractivity (Wildman–Crippen MR) is 68.7 cm³/mol. The largest absolute Gasteiger partial charge is 0.377 e. The number of carbonyl (C=O) groups excluding carboxylic acids is 1. The third kappa shape index (κ3) is 2.50. The topological polar surface area (TPSA) is 29.5 Å². The molecule has 0 spiro atoms. The van der Waals surface area contributed by atoms with E-state index in [0.717, 1.165) is 31.0 Å². The van der Waals surface area contributed by atoms with E-state index in [-0.39, 0.29) is 11.3 Å². The SMILES string of the molecule is CC(=O)c1ccc(N2CCOCC2(C)C)cc1. The van der Waals surface area contributed by atoms with E-state index in [0.29, 0.717) is 0 Å². The van der Waals surface area contributed by atoms with Gasteiger partial charge in [0.2, 0.25) is 0 Å². The van der Waals surface area contributed by atoms with Crippen LogP contribution in [0.25, 0.3) is 0 Å². The van der Waals surface area contributed by atoms with Crippen LogP contribution < -0.4 is 4.90 Å². The highest BCUT2D eigenvalue weighted by atomic mass is 16.5. The number of anilines is 1. The Labute approximate surface area is 102 Å². The maximum atomic E-state index is 11.2. The van der Waals surface area contributed by atoms with Gasteiger partial charge in [-0.1, -0.05) is 0 Å². The highest BCUT2D eigenvalue weighted by Gasteiger charge is 2.30. The molecule has 3 heteroatoms. The minimum atomic E-state index is 0.00991. The lowest BCUT2D eigenvalue weighted by Crippen LogP contribution is -2.53. The Balaban J connectivity index is 2.24. The average molecular weight is 233 g/mol. The second-order valence-electron chi connectivity index (χ2n) is 5.12. The zero-order chi connectivity index (χ0) is 12.5. The Morgan fingerprint density at radius 1 is 1.29 bits per heavy atom. The highest BCUT2D eigenvalue weighted by Crippen LogP contribution is 2.27. The summed E-state index contributed by atoms with van der Waals surface area (Å²) in [5.74, 6) is 0.109. The van der Waals surface area contributed by atoms with Gasteiger partial charge in [0.05, 0.1) is 18.8 Å². The first-order chi connectivity index (χ1) is 8.00. The van der Waals surface area contributed by atoms with Crippen LogP contribution in [0.4, 0.5) is 5.69 Å². The van der Waals surface area contributed by atoms with E-state index in [4.69, 9.17) is 4.74 Å². The summed E-state index contributed by atoms with van der Waals surface area (Å²) in [6.45, 7) is 8.33. The van der Waals surface area contributed by atoms with E-state index in [1.165, 1.54) is 0 Å². The molecular formula is C14H19NO2. The number of benzene rings is 1. The third-order valence-electron chi connectivity index (χ3n) is 3.23. The number of morpholine rings is 1. The fraction of sp³-hybridized carbons (Fsp3) is 0.500. The van der Waals surface area contributed by atoms with Crippen LogP contribution in [-0.4, -0.2) is 31.1 Å². The Bertz CT molecular complexity index is 409. The van der Waals surface area contributed by atoms with Gasteiger partial charge in [-0.3, -0.25) is 4.79 Å². The number of carbonyl (C=O) groups is 1. The number of hydrogen-bond donors (Lipinski definition) is 0. The van der Waals surface area contributed by atoms with Crippen LogP contribution in [0.5, 0.6) is 0 Å². The minimum absolute atomic E-state index is 0.00991. The molecule has 17 heavy (non-hydrogen) atoms. The molecule has 0 N–H and O–H groups in total. The van der Waals surface area contributed by atoms with Gasteiger partial charge in [-0.05, 0) is 45.0 Å². The summed E-state index contributed by atoms with van der Waals surface area (Å²) in [7, 11) is 0. The summed E-state index contributed by atoms with van der Waals surface area (Å²) >= 11 is 0. The molecule has 0 bridgehead atoms. The average Bonchev–Trinajstić information content (AvgIpc) is 2.28. The Morgan fingerprint density at radius 3 is 2.47 bits per heavy atom. The van der Waals surface area contributed by atoms with E-state index in [2.05, 4.69) is 18.7 Å². The summed E-state index contributed by atoms with van der Waals surface area (Å²) in [6.07, 6.45) is 0. The summed E-state index contributed by atoms with van der Waals surface area (Å²) < 4.78 is 5.50. The summed E-state index contributed by atoms with van der Waals surface area (Å²) in [6, 6.07) is 7.82. The fourth-order valence-corrected chi connectivity index (χ4v) is 2.21. The van der Waals surface area contributed by atoms with Gasteiger partial charge in [0.1, 0.15) is 0 Å². The van der Waals surface area contributed by atoms with Crippen molar-refractivity contribution in [2.75, 3.05) is 24.7 Å². The molecule has 0 atom stereocenters. The van der Waals surface area contributed by atoms with Gasteiger partial charge in [-0.25, -0.2) is 0 Å². The zero-order valence-corrected chi connectivity index (χ0v) is 10.7. The molecule has 1 aromatic rings. The summed E-state index contributed by atoms with van der Waals surface area (Å²) in [5.41, 5.74) is 1.93. The quantitative estimate of drug-likeness (QED) is 0.735. The molecule has 92 valence electrons. The summed E-state index contributed by atoms with van der Waals surface area (Å²) in [5, 5.41) is 0. The van der Waals surface area contributed by atoms with Gasteiger partial charge in [0, 0.05) is 17.8 Å². The predicted octanol–water partition coefficient (Wildman–Crippen LogP) is 2.50. The normalized spacial score (nSPS) is 19.1. The third-order valence-corrected chi connectivity index (χ3v) is 3.23. The van der Waals surface area contributed by atoms with Crippen LogP contribution in [0.2, 0.25) is 0 Å². The number of ether oxygens (including phenoxy) is 1. The maximum absolute atomic E-state index is 11.2. The second-order valence-corrected chi connectivity index (χ2v) is 5.12. The van der Waals surface area contributed by atoms with Crippen molar-refractivity contribution in [3.8, 4) is 0 Å². The highest BCUT2D eigenvalue weighted by molar-refractivity contribution is 5.94. The molecule has 2 rings (SSSR count). The van der Waals surface area contributed by atoms with Crippen molar-refractivity contribution < 1.29 is 9.53 Å². The van der Waals surface area contributed by atoms with Gasteiger partial charge >= 0.3 is 0 Å². The van der Waals surface area contributed by atoms with Crippen molar-refractivity contribution in [3.63, 3.8) is 0 Å². The fourth-order valence-electron chi connectivity index (χ4n) is 2.21. The maximum Gasteiger partial charge on any atom is 0.159 e.